The lowest BCUT2D eigenvalue weighted by atomic mass is 10.1. The Hall–Kier alpha value is -0.870. The van der Waals surface area contributed by atoms with Crippen molar-refractivity contribution >= 4 is 35.0 Å². The number of halogens is 1. The Kier molecular flexibility index (Phi) is 5.82. The van der Waals surface area contributed by atoms with E-state index < -0.39 is 0 Å². The Labute approximate surface area is 118 Å². The number of carbonyl (C=O) groups excluding carboxylic acids is 1. The van der Waals surface area contributed by atoms with Gasteiger partial charge in [-0.3, -0.25) is 4.79 Å². The number of rotatable bonds is 5. The van der Waals surface area contributed by atoms with Crippen molar-refractivity contribution in [1.29, 1.82) is 0 Å². The summed E-state index contributed by atoms with van der Waals surface area (Å²) in [6.45, 7) is 2.04. The van der Waals surface area contributed by atoms with Gasteiger partial charge in [0.15, 0.2) is 0 Å². The second-order valence-corrected chi connectivity index (χ2v) is 5.51. The summed E-state index contributed by atoms with van der Waals surface area (Å²) in [5.41, 5.74) is 1.41. The summed E-state index contributed by atoms with van der Waals surface area (Å²) < 4.78 is 0. The molecule has 0 radical (unpaired) electrons. The monoisotopic (exact) mass is 286 g/mol. The van der Waals surface area contributed by atoms with Gasteiger partial charge in [-0.15, -0.1) is 0 Å². The van der Waals surface area contributed by atoms with E-state index in [0.29, 0.717) is 10.6 Å². The summed E-state index contributed by atoms with van der Waals surface area (Å²) in [5, 5.41) is 3.59. The number of nitrogens with one attached hydrogen (secondary N) is 1. The molecular weight excluding hydrogens is 268 g/mol. The third kappa shape index (κ3) is 3.56. The van der Waals surface area contributed by atoms with Crippen LogP contribution in [-0.4, -0.2) is 43.0 Å². The summed E-state index contributed by atoms with van der Waals surface area (Å²) >= 11 is 7.69. The molecule has 0 fully saturated rings. The Morgan fingerprint density at radius 1 is 1.56 bits per heavy atom. The molecule has 18 heavy (non-hydrogen) atoms. The second-order valence-electron chi connectivity index (χ2n) is 4.16. The van der Waals surface area contributed by atoms with Gasteiger partial charge >= 0.3 is 0 Å². The molecule has 0 bridgehead atoms. The highest BCUT2D eigenvalue weighted by molar-refractivity contribution is 7.98. The van der Waals surface area contributed by atoms with E-state index in [1.54, 1.807) is 35.8 Å². The zero-order valence-electron chi connectivity index (χ0n) is 11.2. The first-order chi connectivity index (χ1) is 8.51. The lowest BCUT2D eigenvalue weighted by Crippen LogP contribution is -2.36. The van der Waals surface area contributed by atoms with Crippen LogP contribution in [0.15, 0.2) is 18.2 Å². The summed E-state index contributed by atoms with van der Waals surface area (Å²) in [4.78, 5) is 14.2. The van der Waals surface area contributed by atoms with Gasteiger partial charge < -0.3 is 10.2 Å². The molecule has 1 rings (SSSR count). The number of thioether (sulfide) groups is 1. The molecule has 0 aliphatic carbocycles. The lowest BCUT2D eigenvalue weighted by molar-refractivity contribution is 0.0758. The number of anilines is 1. The predicted octanol–water partition coefficient (Wildman–Crippen LogP) is 3.21. The van der Waals surface area contributed by atoms with E-state index in [2.05, 4.69) is 5.32 Å². The molecule has 5 heteroatoms. The summed E-state index contributed by atoms with van der Waals surface area (Å²) in [6.07, 6.45) is 2.03. The van der Waals surface area contributed by atoms with Crippen molar-refractivity contribution < 1.29 is 4.79 Å². The van der Waals surface area contributed by atoms with Gasteiger partial charge in [0.25, 0.3) is 5.91 Å². The molecular formula is C13H19ClN2OS. The largest absolute Gasteiger partial charge is 0.387 e. The van der Waals surface area contributed by atoms with Crippen molar-refractivity contribution in [2.24, 2.45) is 0 Å². The minimum Gasteiger partial charge on any atom is -0.387 e. The van der Waals surface area contributed by atoms with E-state index in [-0.39, 0.29) is 11.9 Å². The standard InChI is InChI=1S/C13H19ClN2OS/c1-9(8-18-4)16(3)13(17)11-7-10(14)5-6-12(11)15-2/h5-7,9,15H,8H2,1-4H3. The average Bonchev–Trinajstić information content (AvgIpc) is 2.37. The molecule has 0 aromatic heterocycles. The van der Waals surface area contributed by atoms with Crippen LogP contribution in [-0.2, 0) is 0 Å². The number of hydrogen-bond acceptors (Lipinski definition) is 3. The maximum Gasteiger partial charge on any atom is 0.256 e. The van der Waals surface area contributed by atoms with E-state index >= 15 is 0 Å². The fourth-order valence-electron chi connectivity index (χ4n) is 1.65. The van der Waals surface area contributed by atoms with Crippen LogP contribution in [0.25, 0.3) is 0 Å². The minimum atomic E-state index is -0.0107. The van der Waals surface area contributed by atoms with Crippen molar-refractivity contribution in [3.63, 3.8) is 0 Å². The third-order valence-electron chi connectivity index (χ3n) is 2.87. The van der Waals surface area contributed by atoms with Gasteiger partial charge in [0.1, 0.15) is 0 Å². The molecule has 1 amide bonds. The zero-order chi connectivity index (χ0) is 13.7. The summed E-state index contributed by atoms with van der Waals surface area (Å²) in [7, 11) is 3.62. The second kappa shape index (κ2) is 6.90. The topological polar surface area (TPSA) is 32.3 Å². The molecule has 0 aliphatic heterocycles. The predicted molar refractivity (Wildman–Crippen MR) is 80.9 cm³/mol. The van der Waals surface area contributed by atoms with Crippen LogP contribution in [0.3, 0.4) is 0 Å². The molecule has 1 aromatic rings. The fraction of sp³-hybridized carbons (Fsp3) is 0.462. The first-order valence-electron chi connectivity index (χ1n) is 5.74. The Morgan fingerprint density at radius 2 is 2.22 bits per heavy atom. The highest BCUT2D eigenvalue weighted by atomic mass is 35.5. The quantitative estimate of drug-likeness (QED) is 0.902. The van der Waals surface area contributed by atoms with E-state index in [9.17, 15) is 4.79 Å². The Morgan fingerprint density at radius 3 is 2.78 bits per heavy atom. The molecule has 0 saturated carbocycles. The molecule has 0 spiro atoms. The normalized spacial score (nSPS) is 12.1. The van der Waals surface area contributed by atoms with Crippen LogP contribution < -0.4 is 5.32 Å². The van der Waals surface area contributed by atoms with Gasteiger partial charge in [-0.05, 0) is 31.4 Å². The summed E-state index contributed by atoms with van der Waals surface area (Å²) in [5.74, 6) is 0.904. The number of hydrogen-bond donors (Lipinski definition) is 1. The van der Waals surface area contributed by atoms with E-state index in [1.807, 2.05) is 26.3 Å². The molecule has 1 aromatic carbocycles. The molecule has 100 valence electrons. The van der Waals surface area contributed by atoms with Crippen molar-refractivity contribution in [2.45, 2.75) is 13.0 Å². The van der Waals surface area contributed by atoms with Gasteiger partial charge in [-0.2, -0.15) is 11.8 Å². The van der Waals surface area contributed by atoms with Gasteiger partial charge in [-0.25, -0.2) is 0 Å². The Balaban J connectivity index is 2.98. The maximum atomic E-state index is 12.4. The first kappa shape index (κ1) is 15.2. The van der Waals surface area contributed by atoms with E-state index in [4.69, 9.17) is 11.6 Å². The van der Waals surface area contributed by atoms with Gasteiger partial charge in [0, 0.05) is 36.6 Å². The highest BCUT2D eigenvalue weighted by Crippen LogP contribution is 2.22. The third-order valence-corrected chi connectivity index (χ3v) is 3.92. The highest BCUT2D eigenvalue weighted by Gasteiger charge is 2.19. The molecule has 0 heterocycles. The average molecular weight is 287 g/mol. The summed E-state index contributed by atoms with van der Waals surface area (Å²) in [6, 6.07) is 5.49. The van der Waals surface area contributed by atoms with Crippen LogP contribution in [0.1, 0.15) is 17.3 Å². The zero-order valence-corrected chi connectivity index (χ0v) is 12.7. The van der Waals surface area contributed by atoms with Crippen LogP contribution >= 0.6 is 23.4 Å². The van der Waals surface area contributed by atoms with Crippen molar-refractivity contribution in [3.05, 3.63) is 28.8 Å². The number of nitrogens with zero attached hydrogens (tertiary/aromatic N) is 1. The van der Waals surface area contributed by atoms with E-state index in [1.165, 1.54) is 0 Å². The van der Waals surface area contributed by atoms with E-state index in [0.717, 1.165) is 11.4 Å². The Bertz CT molecular complexity index is 425. The van der Waals surface area contributed by atoms with Crippen LogP contribution in [0.2, 0.25) is 5.02 Å². The molecule has 1 atom stereocenters. The molecule has 1 unspecified atom stereocenters. The number of amides is 1. The van der Waals surface area contributed by atoms with Crippen LogP contribution in [0.4, 0.5) is 5.69 Å². The van der Waals surface area contributed by atoms with Crippen LogP contribution in [0.5, 0.6) is 0 Å². The maximum absolute atomic E-state index is 12.4. The van der Waals surface area contributed by atoms with Gasteiger partial charge in [0.2, 0.25) is 0 Å². The van der Waals surface area contributed by atoms with Gasteiger partial charge in [-0.1, -0.05) is 11.6 Å². The lowest BCUT2D eigenvalue weighted by Gasteiger charge is -2.25. The minimum absolute atomic E-state index is 0.0107. The molecule has 1 N–H and O–H groups in total. The van der Waals surface area contributed by atoms with Crippen molar-refractivity contribution in [2.75, 3.05) is 31.4 Å². The van der Waals surface area contributed by atoms with Crippen LogP contribution in [0, 0.1) is 0 Å². The molecule has 3 nitrogen and oxygen atoms in total. The molecule has 0 saturated heterocycles. The fourth-order valence-corrected chi connectivity index (χ4v) is 2.53. The smallest absolute Gasteiger partial charge is 0.256 e. The SMILES string of the molecule is CNc1ccc(Cl)cc1C(=O)N(C)C(C)CSC. The van der Waals surface area contributed by atoms with Crippen molar-refractivity contribution in [3.8, 4) is 0 Å². The molecule has 0 aliphatic rings. The van der Waals surface area contributed by atoms with Gasteiger partial charge in [0.05, 0.1) is 5.56 Å². The first-order valence-corrected chi connectivity index (χ1v) is 7.51. The number of benzene rings is 1. The van der Waals surface area contributed by atoms with Crippen molar-refractivity contribution in [1.82, 2.24) is 4.90 Å². The number of carbonyl (C=O) groups is 1.